The smallest absolute Gasteiger partial charge is 0.296 e. The fourth-order valence-electron chi connectivity index (χ4n) is 1.34. The Kier molecular flexibility index (Phi) is 2.24. The molecule has 1 N–H and O–H groups in total. The summed E-state index contributed by atoms with van der Waals surface area (Å²) in [5, 5.41) is 0.491. The summed E-state index contributed by atoms with van der Waals surface area (Å²) in [7, 11) is -2.81. The SMILES string of the molecule is COS(=O)(=O)c1cc(F)c2[nH]ccc2c1. The molecule has 1 heterocycles. The molecule has 6 heteroatoms. The Bertz CT molecular complexity index is 603. The van der Waals surface area contributed by atoms with Crippen molar-refractivity contribution in [3.05, 3.63) is 30.2 Å². The van der Waals surface area contributed by atoms with E-state index in [4.69, 9.17) is 0 Å². The van der Waals surface area contributed by atoms with Crippen molar-refractivity contribution >= 4 is 21.0 Å². The summed E-state index contributed by atoms with van der Waals surface area (Å²) in [5.74, 6) is -0.617. The van der Waals surface area contributed by atoms with Gasteiger partial charge in [0.2, 0.25) is 0 Å². The number of hydrogen-bond donors (Lipinski definition) is 1. The molecule has 80 valence electrons. The molecule has 0 fully saturated rings. The van der Waals surface area contributed by atoms with Gasteiger partial charge in [-0.2, -0.15) is 8.42 Å². The molecular formula is C9H8FNO3S. The summed E-state index contributed by atoms with van der Waals surface area (Å²) in [5.41, 5.74) is 0.282. The third-order valence-corrected chi connectivity index (χ3v) is 3.34. The highest BCUT2D eigenvalue weighted by molar-refractivity contribution is 7.86. The van der Waals surface area contributed by atoms with Crippen LogP contribution < -0.4 is 0 Å². The second-order valence-corrected chi connectivity index (χ2v) is 4.68. The Morgan fingerprint density at radius 1 is 1.40 bits per heavy atom. The molecular weight excluding hydrogens is 221 g/mol. The number of nitrogens with one attached hydrogen (secondary N) is 1. The van der Waals surface area contributed by atoms with Crippen LogP contribution in [0.15, 0.2) is 29.3 Å². The molecule has 4 nitrogen and oxygen atoms in total. The lowest BCUT2D eigenvalue weighted by Crippen LogP contribution is -2.03. The first kappa shape index (κ1) is 10.1. The standard InChI is InChI=1S/C9H8FNO3S/c1-14-15(12,13)7-4-6-2-3-11-9(6)8(10)5-7/h2-5,11H,1H3. The molecule has 0 aliphatic rings. The summed E-state index contributed by atoms with van der Waals surface area (Å²) in [6.07, 6.45) is 1.54. The van der Waals surface area contributed by atoms with Crippen LogP contribution in [0.4, 0.5) is 4.39 Å². The number of benzene rings is 1. The lowest BCUT2D eigenvalue weighted by Gasteiger charge is -2.02. The molecule has 0 atom stereocenters. The lowest BCUT2D eigenvalue weighted by atomic mass is 10.2. The molecule has 0 amide bonds. The van der Waals surface area contributed by atoms with Crippen LogP contribution in [0.3, 0.4) is 0 Å². The van der Waals surface area contributed by atoms with Crippen molar-refractivity contribution in [1.82, 2.24) is 4.98 Å². The first-order valence-corrected chi connectivity index (χ1v) is 5.52. The molecule has 0 saturated heterocycles. The zero-order valence-corrected chi connectivity index (χ0v) is 8.64. The van der Waals surface area contributed by atoms with Crippen LogP contribution in [0, 0.1) is 5.82 Å². The van der Waals surface area contributed by atoms with Gasteiger partial charge in [0, 0.05) is 11.6 Å². The minimum Gasteiger partial charge on any atom is -0.359 e. The normalized spacial score (nSPS) is 12.1. The fraction of sp³-hybridized carbons (Fsp3) is 0.111. The van der Waals surface area contributed by atoms with Crippen LogP contribution in [0.1, 0.15) is 0 Å². The van der Waals surface area contributed by atoms with Crippen molar-refractivity contribution in [2.45, 2.75) is 4.90 Å². The van der Waals surface area contributed by atoms with Gasteiger partial charge in [-0.1, -0.05) is 0 Å². The van der Waals surface area contributed by atoms with E-state index in [-0.39, 0.29) is 10.4 Å². The summed E-state index contributed by atoms with van der Waals surface area (Å²) in [6, 6.07) is 3.87. The van der Waals surface area contributed by atoms with Crippen molar-refractivity contribution < 1.29 is 17.0 Å². The van der Waals surface area contributed by atoms with Gasteiger partial charge in [0.15, 0.2) is 0 Å². The molecule has 0 spiro atoms. The molecule has 0 radical (unpaired) electrons. The van der Waals surface area contributed by atoms with Crippen LogP contribution in [0.2, 0.25) is 0 Å². The number of aromatic amines is 1. The van der Waals surface area contributed by atoms with E-state index in [0.717, 1.165) is 13.2 Å². The van der Waals surface area contributed by atoms with Gasteiger partial charge in [0.25, 0.3) is 10.1 Å². The Morgan fingerprint density at radius 2 is 2.13 bits per heavy atom. The van der Waals surface area contributed by atoms with Crippen molar-refractivity contribution in [1.29, 1.82) is 0 Å². The number of aromatic nitrogens is 1. The van der Waals surface area contributed by atoms with Gasteiger partial charge in [-0.25, -0.2) is 4.39 Å². The summed E-state index contributed by atoms with van der Waals surface area (Å²) >= 11 is 0. The van der Waals surface area contributed by atoms with Crippen LogP contribution in [-0.2, 0) is 14.3 Å². The molecule has 0 saturated carbocycles. The number of fused-ring (bicyclic) bond motifs is 1. The van der Waals surface area contributed by atoms with Crippen molar-refractivity contribution in [2.75, 3.05) is 7.11 Å². The lowest BCUT2D eigenvalue weighted by molar-refractivity contribution is 0.397. The van der Waals surface area contributed by atoms with Gasteiger partial charge in [-0.15, -0.1) is 0 Å². The van der Waals surface area contributed by atoms with Crippen molar-refractivity contribution in [3.63, 3.8) is 0 Å². The van der Waals surface area contributed by atoms with E-state index in [1.807, 2.05) is 0 Å². The first-order chi connectivity index (χ1) is 7.04. The summed E-state index contributed by atoms with van der Waals surface area (Å²) in [4.78, 5) is 2.49. The highest BCUT2D eigenvalue weighted by atomic mass is 32.2. The van der Waals surface area contributed by atoms with Gasteiger partial charge in [-0.05, 0) is 18.2 Å². The molecule has 2 aromatic rings. The minimum absolute atomic E-state index is 0.186. The maximum absolute atomic E-state index is 13.4. The topological polar surface area (TPSA) is 59.2 Å². The number of rotatable bonds is 2. The van der Waals surface area contributed by atoms with Gasteiger partial charge in [0.05, 0.1) is 17.5 Å². The summed E-state index contributed by atoms with van der Waals surface area (Å²) in [6.45, 7) is 0. The van der Waals surface area contributed by atoms with Crippen LogP contribution in [0.5, 0.6) is 0 Å². The molecule has 1 aromatic carbocycles. The molecule has 0 aliphatic carbocycles. The molecule has 15 heavy (non-hydrogen) atoms. The van der Waals surface area contributed by atoms with E-state index in [9.17, 15) is 12.8 Å². The molecule has 1 aromatic heterocycles. The monoisotopic (exact) mass is 229 g/mol. The van der Waals surface area contributed by atoms with Gasteiger partial charge >= 0.3 is 0 Å². The Morgan fingerprint density at radius 3 is 2.80 bits per heavy atom. The van der Waals surface area contributed by atoms with E-state index in [1.54, 1.807) is 6.07 Å². The Balaban J connectivity index is 2.75. The first-order valence-electron chi connectivity index (χ1n) is 4.12. The van der Waals surface area contributed by atoms with E-state index >= 15 is 0 Å². The molecule has 0 bridgehead atoms. The van der Waals surface area contributed by atoms with E-state index in [2.05, 4.69) is 9.17 Å². The largest absolute Gasteiger partial charge is 0.359 e. The quantitative estimate of drug-likeness (QED) is 0.796. The zero-order valence-electron chi connectivity index (χ0n) is 7.82. The third kappa shape index (κ3) is 1.62. The summed E-state index contributed by atoms with van der Waals surface area (Å²) < 4.78 is 40.3. The van der Waals surface area contributed by atoms with Crippen molar-refractivity contribution in [3.8, 4) is 0 Å². The number of H-pyrrole nitrogens is 1. The number of hydrogen-bond acceptors (Lipinski definition) is 3. The van der Waals surface area contributed by atoms with Gasteiger partial charge in [-0.3, -0.25) is 4.18 Å². The van der Waals surface area contributed by atoms with Crippen LogP contribution >= 0.6 is 0 Å². The highest BCUT2D eigenvalue weighted by Gasteiger charge is 2.16. The third-order valence-electron chi connectivity index (χ3n) is 2.09. The van der Waals surface area contributed by atoms with E-state index in [1.165, 1.54) is 12.3 Å². The Labute approximate surface area is 85.8 Å². The van der Waals surface area contributed by atoms with E-state index in [0.29, 0.717) is 5.39 Å². The maximum atomic E-state index is 13.4. The molecule has 2 rings (SSSR count). The second kappa shape index (κ2) is 3.32. The zero-order chi connectivity index (χ0) is 11.1. The average molecular weight is 229 g/mol. The maximum Gasteiger partial charge on any atom is 0.296 e. The molecule has 0 aliphatic heterocycles. The fourth-order valence-corrected chi connectivity index (χ4v) is 2.05. The molecule has 0 unspecified atom stereocenters. The van der Waals surface area contributed by atoms with E-state index < -0.39 is 15.9 Å². The van der Waals surface area contributed by atoms with Crippen LogP contribution in [0.25, 0.3) is 10.9 Å². The van der Waals surface area contributed by atoms with Gasteiger partial charge < -0.3 is 4.98 Å². The average Bonchev–Trinajstić information content (AvgIpc) is 2.66. The number of halogens is 1. The Hall–Kier alpha value is -1.40. The van der Waals surface area contributed by atoms with Crippen molar-refractivity contribution in [2.24, 2.45) is 0 Å². The highest BCUT2D eigenvalue weighted by Crippen LogP contribution is 2.22. The van der Waals surface area contributed by atoms with Crippen LogP contribution in [-0.4, -0.2) is 20.5 Å². The van der Waals surface area contributed by atoms with Gasteiger partial charge in [0.1, 0.15) is 5.82 Å². The predicted molar refractivity (Wildman–Crippen MR) is 52.5 cm³/mol. The second-order valence-electron chi connectivity index (χ2n) is 2.97. The minimum atomic E-state index is -3.84. The predicted octanol–water partition coefficient (Wildman–Crippen LogP) is 1.64.